The van der Waals surface area contributed by atoms with Crippen LogP contribution in [0.1, 0.15) is 47.4 Å². The minimum absolute atomic E-state index is 0.140. The maximum atomic E-state index is 12.7. The van der Waals surface area contributed by atoms with Gasteiger partial charge in [0, 0.05) is 12.7 Å². The molecule has 1 amide bonds. The van der Waals surface area contributed by atoms with Crippen molar-refractivity contribution in [3.05, 3.63) is 71.8 Å². The van der Waals surface area contributed by atoms with E-state index in [1.165, 1.54) is 6.33 Å². The highest BCUT2D eigenvalue weighted by molar-refractivity contribution is 5.95. The fourth-order valence-corrected chi connectivity index (χ4v) is 2.91. The predicted molar refractivity (Wildman–Crippen MR) is 99.3 cm³/mol. The van der Waals surface area contributed by atoms with Crippen LogP contribution in [0, 0.1) is 0 Å². The quantitative estimate of drug-likeness (QED) is 0.751. The number of hydrogen-bond donors (Lipinski definition) is 2. The first-order valence-corrected chi connectivity index (χ1v) is 8.39. The van der Waals surface area contributed by atoms with Crippen molar-refractivity contribution in [2.45, 2.75) is 25.8 Å². The van der Waals surface area contributed by atoms with E-state index in [1.807, 2.05) is 38.1 Å². The van der Waals surface area contributed by atoms with E-state index < -0.39 is 0 Å². The van der Waals surface area contributed by atoms with E-state index in [0.717, 1.165) is 22.0 Å². The Bertz CT molecular complexity index is 892. The third-order valence-electron chi connectivity index (χ3n) is 4.25. The molecule has 2 aromatic carbocycles. The maximum Gasteiger partial charge on any atom is 0.255 e. The fraction of sp³-hybridized carbons (Fsp3) is 0.250. The second-order valence-electron chi connectivity index (χ2n) is 6.34. The van der Waals surface area contributed by atoms with Gasteiger partial charge in [0.05, 0.1) is 17.3 Å². The monoisotopic (exact) mass is 334 g/mol. The van der Waals surface area contributed by atoms with Gasteiger partial charge in [0.2, 0.25) is 0 Å². The first-order valence-electron chi connectivity index (χ1n) is 8.39. The number of rotatable bonds is 5. The van der Waals surface area contributed by atoms with Crippen LogP contribution in [0.2, 0.25) is 0 Å². The van der Waals surface area contributed by atoms with E-state index in [0.29, 0.717) is 12.1 Å². The van der Waals surface area contributed by atoms with Crippen molar-refractivity contribution in [2.75, 3.05) is 6.54 Å². The van der Waals surface area contributed by atoms with E-state index >= 15 is 0 Å². The number of carbonyl (C=O) groups excluding carboxylic acids is 1. The van der Waals surface area contributed by atoms with Gasteiger partial charge in [-0.15, -0.1) is 0 Å². The van der Waals surface area contributed by atoms with Crippen LogP contribution < -0.4 is 11.1 Å². The molecule has 1 unspecified atom stereocenters. The second kappa shape index (κ2) is 7.40. The number of nitrogens with one attached hydrogen (secondary N) is 1. The van der Waals surface area contributed by atoms with Gasteiger partial charge in [-0.05, 0) is 28.3 Å². The Morgan fingerprint density at radius 1 is 1.16 bits per heavy atom. The summed E-state index contributed by atoms with van der Waals surface area (Å²) >= 11 is 0. The van der Waals surface area contributed by atoms with Crippen LogP contribution in [-0.2, 0) is 0 Å². The Hall–Kier alpha value is -2.79. The molecule has 3 aromatic rings. The summed E-state index contributed by atoms with van der Waals surface area (Å²) in [6.45, 7) is 4.32. The van der Waals surface area contributed by atoms with E-state index in [-0.39, 0.29) is 17.9 Å². The van der Waals surface area contributed by atoms with Crippen LogP contribution in [0.5, 0.6) is 0 Å². The zero-order valence-electron chi connectivity index (χ0n) is 14.4. The molecule has 0 aliphatic carbocycles. The topological polar surface area (TPSA) is 80.9 Å². The minimum atomic E-state index is -0.266. The Balaban J connectivity index is 1.87. The second-order valence-corrected chi connectivity index (χ2v) is 6.34. The number of benzene rings is 2. The van der Waals surface area contributed by atoms with Crippen molar-refractivity contribution in [1.82, 2.24) is 15.3 Å². The highest BCUT2D eigenvalue weighted by atomic mass is 16.1. The molecule has 25 heavy (non-hydrogen) atoms. The van der Waals surface area contributed by atoms with Gasteiger partial charge in [-0.2, -0.15) is 0 Å². The van der Waals surface area contributed by atoms with Crippen LogP contribution in [0.4, 0.5) is 0 Å². The first kappa shape index (κ1) is 17.0. The molecule has 1 atom stereocenters. The van der Waals surface area contributed by atoms with Gasteiger partial charge in [-0.1, -0.05) is 50.2 Å². The largest absolute Gasteiger partial charge is 0.344 e. The Labute approximate surface area is 147 Å². The number of amides is 1. The molecule has 0 aliphatic rings. The number of hydrogen-bond acceptors (Lipinski definition) is 4. The molecule has 3 N–H and O–H groups in total. The van der Waals surface area contributed by atoms with E-state index in [9.17, 15) is 4.79 Å². The molecular formula is C20H22N4O. The third kappa shape index (κ3) is 3.67. The average Bonchev–Trinajstić information content (AvgIpc) is 2.65. The Morgan fingerprint density at radius 2 is 1.92 bits per heavy atom. The van der Waals surface area contributed by atoms with E-state index in [2.05, 4.69) is 33.5 Å². The molecule has 1 aromatic heterocycles. The SMILES string of the molecule is CC(C)c1ncncc1C(=O)NC(CN)c1ccc2ccccc2c1. The van der Waals surface area contributed by atoms with Gasteiger partial charge >= 0.3 is 0 Å². The highest BCUT2D eigenvalue weighted by Gasteiger charge is 2.19. The third-order valence-corrected chi connectivity index (χ3v) is 4.25. The van der Waals surface area contributed by atoms with Gasteiger partial charge < -0.3 is 11.1 Å². The van der Waals surface area contributed by atoms with Crippen molar-refractivity contribution in [2.24, 2.45) is 5.73 Å². The molecule has 0 bridgehead atoms. The summed E-state index contributed by atoms with van der Waals surface area (Å²) in [5, 5.41) is 5.30. The molecule has 3 rings (SSSR count). The standard InChI is InChI=1S/C20H22N4O/c1-13(2)19-17(11-22-12-23-19)20(25)24-18(10-21)16-8-7-14-5-3-4-6-15(14)9-16/h3-9,11-13,18H,10,21H2,1-2H3,(H,24,25). The zero-order chi connectivity index (χ0) is 17.8. The molecular weight excluding hydrogens is 312 g/mol. The molecule has 128 valence electrons. The van der Waals surface area contributed by atoms with Crippen LogP contribution in [-0.4, -0.2) is 22.4 Å². The summed E-state index contributed by atoms with van der Waals surface area (Å²) in [6, 6.07) is 14.0. The molecule has 0 radical (unpaired) electrons. The van der Waals surface area contributed by atoms with Gasteiger partial charge in [0.1, 0.15) is 6.33 Å². The van der Waals surface area contributed by atoms with Gasteiger partial charge in [0.25, 0.3) is 5.91 Å². The lowest BCUT2D eigenvalue weighted by atomic mass is 10.0. The molecule has 0 saturated heterocycles. The molecule has 1 heterocycles. The number of fused-ring (bicyclic) bond motifs is 1. The molecule has 0 saturated carbocycles. The van der Waals surface area contributed by atoms with Crippen molar-refractivity contribution >= 4 is 16.7 Å². The minimum Gasteiger partial charge on any atom is -0.344 e. The van der Waals surface area contributed by atoms with Crippen molar-refractivity contribution < 1.29 is 4.79 Å². The van der Waals surface area contributed by atoms with E-state index in [4.69, 9.17) is 5.73 Å². The number of carbonyl (C=O) groups is 1. The Morgan fingerprint density at radius 3 is 2.64 bits per heavy atom. The van der Waals surface area contributed by atoms with E-state index in [1.54, 1.807) is 6.20 Å². The van der Waals surface area contributed by atoms with Crippen molar-refractivity contribution in [3.8, 4) is 0 Å². The van der Waals surface area contributed by atoms with Crippen LogP contribution >= 0.6 is 0 Å². The summed E-state index contributed by atoms with van der Waals surface area (Å²) < 4.78 is 0. The molecule has 0 spiro atoms. The van der Waals surface area contributed by atoms with Crippen LogP contribution in [0.15, 0.2) is 55.0 Å². The lowest BCUT2D eigenvalue weighted by Gasteiger charge is -2.19. The number of nitrogens with zero attached hydrogens (tertiary/aromatic N) is 2. The molecule has 0 fully saturated rings. The first-order chi connectivity index (χ1) is 12.1. The normalized spacial score (nSPS) is 12.3. The van der Waals surface area contributed by atoms with Crippen molar-refractivity contribution in [3.63, 3.8) is 0 Å². The van der Waals surface area contributed by atoms with Crippen molar-refractivity contribution in [1.29, 1.82) is 0 Å². The lowest BCUT2D eigenvalue weighted by molar-refractivity contribution is 0.0935. The summed E-state index contributed by atoms with van der Waals surface area (Å²) in [5.74, 6) is -0.0614. The maximum absolute atomic E-state index is 12.7. The summed E-state index contributed by atoms with van der Waals surface area (Å²) in [5.41, 5.74) is 8.15. The molecule has 5 nitrogen and oxygen atoms in total. The van der Waals surface area contributed by atoms with Gasteiger partial charge in [-0.25, -0.2) is 9.97 Å². The van der Waals surface area contributed by atoms with Crippen LogP contribution in [0.3, 0.4) is 0 Å². The number of nitrogens with two attached hydrogens (primary N) is 1. The molecule has 5 heteroatoms. The fourth-order valence-electron chi connectivity index (χ4n) is 2.91. The summed E-state index contributed by atoms with van der Waals surface area (Å²) in [7, 11) is 0. The highest BCUT2D eigenvalue weighted by Crippen LogP contribution is 2.21. The summed E-state index contributed by atoms with van der Waals surface area (Å²) in [6.07, 6.45) is 3.03. The predicted octanol–water partition coefficient (Wildman–Crippen LogP) is 3.18. The lowest BCUT2D eigenvalue weighted by Crippen LogP contribution is -2.34. The average molecular weight is 334 g/mol. The number of aromatic nitrogens is 2. The summed E-state index contributed by atoms with van der Waals surface area (Å²) in [4.78, 5) is 21.0. The van der Waals surface area contributed by atoms with Gasteiger partial charge in [-0.3, -0.25) is 4.79 Å². The molecule has 0 aliphatic heterocycles. The Kier molecular flexibility index (Phi) is 5.05. The zero-order valence-corrected chi connectivity index (χ0v) is 14.4. The van der Waals surface area contributed by atoms with Crippen LogP contribution in [0.25, 0.3) is 10.8 Å². The van der Waals surface area contributed by atoms with Gasteiger partial charge in [0.15, 0.2) is 0 Å². The smallest absolute Gasteiger partial charge is 0.255 e.